The fourth-order valence-corrected chi connectivity index (χ4v) is 3.36. The van der Waals surface area contributed by atoms with Crippen molar-refractivity contribution in [3.8, 4) is 11.5 Å². The van der Waals surface area contributed by atoms with Crippen molar-refractivity contribution in [2.75, 3.05) is 20.3 Å². The smallest absolute Gasteiger partial charge is 0.292 e. The minimum absolute atomic E-state index is 0.188. The van der Waals surface area contributed by atoms with E-state index in [4.69, 9.17) is 14.0 Å². The van der Waals surface area contributed by atoms with Gasteiger partial charge in [0.2, 0.25) is 5.76 Å². The van der Waals surface area contributed by atoms with Gasteiger partial charge in [-0.15, -0.1) is 0 Å². The number of halogens is 1. The lowest BCUT2D eigenvalue weighted by atomic mass is 10.1. The summed E-state index contributed by atoms with van der Waals surface area (Å²) in [7, 11) is 1.60. The molecular formula is C22H21FN2O4. The van der Waals surface area contributed by atoms with Crippen molar-refractivity contribution in [3.63, 3.8) is 0 Å². The van der Waals surface area contributed by atoms with Crippen LogP contribution in [-0.2, 0) is 13.0 Å². The molecule has 1 amide bonds. The van der Waals surface area contributed by atoms with Crippen LogP contribution in [0.25, 0.3) is 0 Å². The third kappa shape index (κ3) is 4.23. The SMILES string of the molecule is COc1cccc2c1OCCCN(C(=O)c1cc(Cc3ccc(F)cc3)no1)C2. The van der Waals surface area contributed by atoms with Crippen molar-refractivity contribution >= 4 is 5.91 Å². The molecule has 0 aliphatic carbocycles. The summed E-state index contributed by atoms with van der Waals surface area (Å²) >= 11 is 0. The van der Waals surface area contributed by atoms with Gasteiger partial charge in [0.15, 0.2) is 11.5 Å². The number of ether oxygens (including phenoxy) is 2. The molecule has 0 unspecified atom stereocenters. The first-order valence-corrected chi connectivity index (χ1v) is 9.42. The molecule has 2 heterocycles. The highest BCUT2D eigenvalue weighted by Gasteiger charge is 2.24. The average molecular weight is 396 g/mol. The van der Waals surface area contributed by atoms with Crippen LogP contribution in [-0.4, -0.2) is 36.2 Å². The monoisotopic (exact) mass is 396 g/mol. The molecule has 0 fully saturated rings. The Morgan fingerprint density at radius 3 is 2.86 bits per heavy atom. The van der Waals surface area contributed by atoms with E-state index in [9.17, 15) is 9.18 Å². The fourth-order valence-electron chi connectivity index (χ4n) is 3.36. The van der Waals surface area contributed by atoms with Crippen LogP contribution in [0.15, 0.2) is 53.1 Å². The molecule has 0 spiro atoms. The molecule has 1 aliphatic heterocycles. The molecule has 1 aromatic heterocycles. The second-order valence-corrected chi connectivity index (χ2v) is 6.86. The number of rotatable bonds is 4. The first-order valence-electron chi connectivity index (χ1n) is 9.42. The number of amides is 1. The lowest BCUT2D eigenvalue weighted by molar-refractivity contribution is 0.0679. The van der Waals surface area contributed by atoms with Gasteiger partial charge in [-0.1, -0.05) is 29.4 Å². The zero-order valence-electron chi connectivity index (χ0n) is 16.1. The molecule has 2 aromatic carbocycles. The Morgan fingerprint density at radius 1 is 1.24 bits per heavy atom. The molecule has 0 atom stereocenters. The summed E-state index contributed by atoms with van der Waals surface area (Å²) in [5.41, 5.74) is 2.39. The van der Waals surface area contributed by atoms with Crippen LogP contribution in [0.2, 0.25) is 0 Å². The Hall–Kier alpha value is -3.35. The third-order valence-corrected chi connectivity index (χ3v) is 4.82. The van der Waals surface area contributed by atoms with Gasteiger partial charge < -0.3 is 18.9 Å². The van der Waals surface area contributed by atoms with Crippen LogP contribution < -0.4 is 9.47 Å². The molecule has 4 rings (SSSR count). The second-order valence-electron chi connectivity index (χ2n) is 6.86. The molecule has 6 nitrogen and oxygen atoms in total. The molecule has 150 valence electrons. The van der Waals surface area contributed by atoms with Crippen LogP contribution in [0.4, 0.5) is 4.39 Å². The van der Waals surface area contributed by atoms with E-state index in [1.54, 1.807) is 30.2 Å². The van der Waals surface area contributed by atoms with Gasteiger partial charge in [0.25, 0.3) is 5.91 Å². The van der Waals surface area contributed by atoms with E-state index in [0.29, 0.717) is 49.7 Å². The summed E-state index contributed by atoms with van der Waals surface area (Å²) in [6.07, 6.45) is 1.16. The predicted octanol–water partition coefficient (Wildman–Crippen LogP) is 3.84. The van der Waals surface area contributed by atoms with Gasteiger partial charge in [-0.2, -0.15) is 0 Å². The van der Waals surface area contributed by atoms with Crippen molar-refractivity contribution in [2.24, 2.45) is 0 Å². The molecular weight excluding hydrogens is 375 g/mol. The standard InChI is InChI=1S/C22H21FN2O4/c1-27-19-5-2-4-16-14-25(10-3-11-28-21(16)19)22(26)20-13-18(24-29-20)12-15-6-8-17(23)9-7-15/h2,4-9,13H,3,10-12,14H2,1H3. The van der Waals surface area contributed by atoms with Crippen molar-refractivity contribution in [2.45, 2.75) is 19.4 Å². The van der Waals surface area contributed by atoms with E-state index in [1.807, 2.05) is 18.2 Å². The Balaban J connectivity index is 1.51. The zero-order valence-corrected chi connectivity index (χ0v) is 16.1. The van der Waals surface area contributed by atoms with E-state index >= 15 is 0 Å². The highest BCUT2D eigenvalue weighted by molar-refractivity contribution is 5.91. The summed E-state index contributed by atoms with van der Waals surface area (Å²) in [6.45, 7) is 1.42. The van der Waals surface area contributed by atoms with Gasteiger partial charge in [0.1, 0.15) is 5.82 Å². The van der Waals surface area contributed by atoms with Gasteiger partial charge in [0.05, 0.1) is 19.4 Å². The summed E-state index contributed by atoms with van der Waals surface area (Å²) in [5.74, 6) is 0.995. The summed E-state index contributed by atoms with van der Waals surface area (Å²) in [6, 6.07) is 13.5. The fraction of sp³-hybridized carbons (Fsp3) is 0.273. The van der Waals surface area contributed by atoms with Crippen LogP contribution in [0.5, 0.6) is 11.5 Å². The molecule has 29 heavy (non-hydrogen) atoms. The van der Waals surface area contributed by atoms with E-state index in [0.717, 1.165) is 11.1 Å². The van der Waals surface area contributed by atoms with Gasteiger partial charge >= 0.3 is 0 Å². The normalized spacial score (nSPS) is 13.8. The average Bonchev–Trinajstić information content (AvgIpc) is 3.18. The van der Waals surface area contributed by atoms with Gasteiger partial charge in [-0.3, -0.25) is 4.79 Å². The molecule has 0 saturated carbocycles. The second kappa shape index (κ2) is 8.34. The van der Waals surface area contributed by atoms with Crippen molar-refractivity contribution in [1.29, 1.82) is 0 Å². The number of hydrogen-bond acceptors (Lipinski definition) is 5. The highest BCUT2D eigenvalue weighted by atomic mass is 19.1. The first-order chi connectivity index (χ1) is 14.1. The Bertz CT molecular complexity index is 1000. The maximum Gasteiger partial charge on any atom is 0.292 e. The number of carbonyl (C=O) groups excluding carboxylic acids is 1. The van der Waals surface area contributed by atoms with Crippen molar-refractivity contribution < 1.29 is 23.2 Å². The van der Waals surface area contributed by atoms with E-state index in [2.05, 4.69) is 5.16 Å². The van der Waals surface area contributed by atoms with Gasteiger partial charge in [-0.25, -0.2) is 4.39 Å². The van der Waals surface area contributed by atoms with Crippen molar-refractivity contribution in [3.05, 3.63) is 76.9 Å². The third-order valence-electron chi connectivity index (χ3n) is 4.82. The number of fused-ring (bicyclic) bond motifs is 1. The molecule has 3 aromatic rings. The molecule has 1 aliphatic rings. The zero-order chi connectivity index (χ0) is 20.2. The predicted molar refractivity (Wildman–Crippen MR) is 104 cm³/mol. The number of para-hydroxylation sites is 1. The minimum Gasteiger partial charge on any atom is -0.493 e. The number of nitrogens with zero attached hydrogens (tertiary/aromatic N) is 2. The maximum absolute atomic E-state index is 13.1. The Kier molecular flexibility index (Phi) is 5.46. The maximum atomic E-state index is 13.1. The Morgan fingerprint density at radius 2 is 2.07 bits per heavy atom. The highest BCUT2D eigenvalue weighted by Crippen LogP contribution is 2.33. The molecule has 7 heteroatoms. The number of hydrogen-bond donors (Lipinski definition) is 0. The summed E-state index contributed by atoms with van der Waals surface area (Å²) in [5, 5.41) is 4.00. The summed E-state index contributed by atoms with van der Waals surface area (Å²) < 4.78 is 29.6. The molecule has 0 N–H and O–H groups in total. The lowest BCUT2D eigenvalue weighted by Crippen LogP contribution is -2.33. The van der Waals surface area contributed by atoms with Crippen molar-refractivity contribution in [1.82, 2.24) is 10.1 Å². The lowest BCUT2D eigenvalue weighted by Gasteiger charge is -2.26. The molecule has 0 bridgehead atoms. The quantitative estimate of drug-likeness (QED) is 0.671. The minimum atomic E-state index is -0.289. The van der Waals surface area contributed by atoms with Crippen LogP contribution in [0, 0.1) is 5.82 Å². The topological polar surface area (TPSA) is 64.8 Å². The number of aromatic nitrogens is 1. The van der Waals surface area contributed by atoms with Crippen LogP contribution in [0.1, 0.15) is 33.8 Å². The molecule has 0 saturated heterocycles. The van der Waals surface area contributed by atoms with E-state index in [1.165, 1.54) is 12.1 Å². The number of methoxy groups -OCH3 is 1. The Labute approximate surface area is 167 Å². The van der Waals surface area contributed by atoms with Gasteiger partial charge in [-0.05, 0) is 30.2 Å². The van der Waals surface area contributed by atoms with E-state index in [-0.39, 0.29) is 17.5 Å². The first kappa shape index (κ1) is 19.0. The van der Waals surface area contributed by atoms with Crippen LogP contribution in [0.3, 0.4) is 0 Å². The van der Waals surface area contributed by atoms with Crippen LogP contribution >= 0.6 is 0 Å². The largest absolute Gasteiger partial charge is 0.493 e. The summed E-state index contributed by atoms with van der Waals surface area (Å²) in [4.78, 5) is 14.7. The van der Waals surface area contributed by atoms with Gasteiger partial charge in [0, 0.05) is 31.1 Å². The number of carbonyl (C=O) groups is 1. The van der Waals surface area contributed by atoms with E-state index < -0.39 is 0 Å². The molecule has 0 radical (unpaired) electrons. The number of benzene rings is 2.